The normalized spacial score (nSPS) is 23.4. The summed E-state index contributed by atoms with van der Waals surface area (Å²) in [5.41, 5.74) is 0.835. The number of hydrogen-bond donors (Lipinski definition) is 0. The van der Waals surface area contributed by atoms with Crippen LogP contribution < -0.4 is 4.74 Å². The Morgan fingerprint density at radius 3 is 2.32 bits per heavy atom. The van der Waals surface area contributed by atoms with E-state index in [1.54, 1.807) is 6.07 Å². The van der Waals surface area contributed by atoms with Crippen molar-refractivity contribution in [3.63, 3.8) is 0 Å². The molecule has 2 aromatic heterocycles. The lowest BCUT2D eigenvalue weighted by Crippen LogP contribution is -2.55. The summed E-state index contributed by atoms with van der Waals surface area (Å²) < 4.78 is 24.3. The lowest BCUT2D eigenvalue weighted by Gasteiger charge is -2.39. The number of thioether (sulfide) groups is 1. The number of pyridine rings is 1. The molecule has 0 aromatic carbocycles. The molecular formula is C21H26N2O7S. The van der Waals surface area contributed by atoms with Crippen molar-refractivity contribution in [2.75, 3.05) is 5.75 Å². The van der Waals surface area contributed by atoms with Gasteiger partial charge in [0.05, 0.1) is 5.69 Å². The maximum Gasteiger partial charge on any atom is 0.303 e. The Labute approximate surface area is 184 Å². The summed E-state index contributed by atoms with van der Waals surface area (Å²) in [6, 6.07) is 3.60. The summed E-state index contributed by atoms with van der Waals surface area (Å²) in [4.78, 5) is 39.7. The highest BCUT2D eigenvalue weighted by molar-refractivity contribution is 7.99. The van der Waals surface area contributed by atoms with Gasteiger partial charge in [0, 0.05) is 38.9 Å². The third-order valence-electron chi connectivity index (χ3n) is 4.60. The van der Waals surface area contributed by atoms with Crippen LogP contribution in [0.2, 0.25) is 0 Å². The largest absolute Gasteiger partial charge is 0.472 e. The first kappa shape index (κ1) is 22.9. The van der Waals surface area contributed by atoms with Gasteiger partial charge in [-0.05, 0) is 18.1 Å². The number of ether oxygens (including phenoxy) is 4. The van der Waals surface area contributed by atoms with Crippen LogP contribution >= 0.6 is 11.8 Å². The Balaban J connectivity index is 1.93. The van der Waals surface area contributed by atoms with Crippen LogP contribution in [-0.2, 0) is 28.6 Å². The molecule has 10 heteroatoms. The number of fused-ring (bicyclic) bond motifs is 1. The Morgan fingerprint density at radius 2 is 1.71 bits per heavy atom. The highest BCUT2D eigenvalue weighted by atomic mass is 32.2. The molecule has 0 N–H and O–H groups in total. The maximum atomic E-state index is 11.8. The zero-order chi connectivity index (χ0) is 22.7. The molecule has 1 aliphatic heterocycles. The van der Waals surface area contributed by atoms with Crippen molar-refractivity contribution >= 4 is 35.3 Å². The number of nitrogens with zero attached hydrogens (tertiary/aromatic N) is 2. The molecule has 0 amide bonds. The molecule has 2 aromatic rings. The van der Waals surface area contributed by atoms with E-state index < -0.39 is 41.7 Å². The van der Waals surface area contributed by atoms with E-state index in [9.17, 15) is 14.4 Å². The van der Waals surface area contributed by atoms with Crippen LogP contribution in [0, 0.1) is 0 Å². The molecule has 0 saturated carbocycles. The van der Waals surface area contributed by atoms with Gasteiger partial charge in [0.2, 0.25) is 0 Å². The van der Waals surface area contributed by atoms with Crippen LogP contribution in [0.5, 0.6) is 5.75 Å². The van der Waals surface area contributed by atoms with E-state index in [1.165, 1.54) is 32.5 Å². The quantitative estimate of drug-likeness (QED) is 0.485. The average molecular weight is 451 g/mol. The van der Waals surface area contributed by atoms with Gasteiger partial charge in [0.1, 0.15) is 0 Å². The molecule has 0 aliphatic carbocycles. The molecule has 1 saturated heterocycles. The summed E-state index contributed by atoms with van der Waals surface area (Å²) in [6.07, 6.45) is 1.05. The molecule has 31 heavy (non-hydrogen) atoms. The number of carbonyl (C=O) groups is 3. The smallest absolute Gasteiger partial charge is 0.303 e. The van der Waals surface area contributed by atoms with E-state index in [2.05, 4.69) is 18.8 Å². The third-order valence-corrected chi connectivity index (χ3v) is 5.82. The van der Waals surface area contributed by atoms with Gasteiger partial charge in [-0.2, -0.15) is 0 Å². The topological polar surface area (TPSA) is 105 Å². The molecule has 3 rings (SSSR count). The first-order valence-electron chi connectivity index (χ1n) is 9.93. The highest BCUT2D eigenvalue weighted by Crippen LogP contribution is 2.35. The molecule has 3 heterocycles. The van der Waals surface area contributed by atoms with Gasteiger partial charge in [-0.25, -0.2) is 4.98 Å². The van der Waals surface area contributed by atoms with Gasteiger partial charge in [-0.1, -0.05) is 13.8 Å². The molecule has 1 fully saturated rings. The fourth-order valence-corrected chi connectivity index (χ4v) is 4.52. The number of imidazole rings is 1. The van der Waals surface area contributed by atoms with Crippen molar-refractivity contribution < 1.29 is 33.3 Å². The third kappa shape index (κ3) is 5.49. The zero-order valence-electron chi connectivity index (χ0n) is 18.1. The monoisotopic (exact) mass is 450 g/mol. The van der Waals surface area contributed by atoms with Crippen LogP contribution in [0.1, 0.15) is 46.2 Å². The van der Waals surface area contributed by atoms with Crippen molar-refractivity contribution in [2.45, 2.75) is 64.3 Å². The van der Waals surface area contributed by atoms with Crippen molar-refractivity contribution in [3.05, 3.63) is 30.2 Å². The summed E-state index contributed by atoms with van der Waals surface area (Å²) in [5.74, 6) is -0.635. The van der Waals surface area contributed by atoms with Gasteiger partial charge >= 0.3 is 17.9 Å². The SMILES string of the molecule is CC(=O)O[C@@H]1[C@@H](OC(C)=O)[C@@H](Oc2cccn3cc(C(C)C)nc23)SC[C@H]1OC(C)=O. The second kappa shape index (κ2) is 9.59. The van der Waals surface area contributed by atoms with Crippen LogP contribution in [0.25, 0.3) is 5.65 Å². The van der Waals surface area contributed by atoms with Gasteiger partial charge in [-0.3, -0.25) is 14.4 Å². The summed E-state index contributed by atoms with van der Waals surface area (Å²) in [7, 11) is 0. The first-order valence-corrected chi connectivity index (χ1v) is 11.0. The van der Waals surface area contributed by atoms with Crippen molar-refractivity contribution in [1.82, 2.24) is 9.38 Å². The second-order valence-electron chi connectivity index (χ2n) is 7.54. The summed E-state index contributed by atoms with van der Waals surface area (Å²) in [5, 5.41) is 0. The molecule has 1 aliphatic rings. The molecule has 4 atom stereocenters. The second-order valence-corrected chi connectivity index (χ2v) is 8.67. The number of esters is 3. The first-order chi connectivity index (χ1) is 14.7. The van der Waals surface area contributed by atoms with Crippen molar-refractivity contribution in [3.8, 4) is 5.75 Å². The van der Waals surface area contributed by atoms with Crippen LogP contribution in [0.15, 0.2) is 24.5 Å². The minimum absolute atomic E-state index is 0.239. The van der Waals surface area contributed by atoms with E-state index in [0.29, 0.717) is 17.1 Å². The molecule has 9 nitrogen and oxygen atoms in total. The fourth-order valence-electron chi connectivity index (χ4n) is 3.31. The Bertz CT molecular complexity index is 974. The summed E-state index contributed by atoms with van der Waals surface area (Å²) in [6.45, 7) is 7.87. The van der Waals surface area contributed by atoms with Crippen LogP contribution in [-0.4, -0.2) is 56.8 Å². The Hall–Kier alpha value is -2.75. The van der Waals surface area contributed by atoms with Gasteiger partial charge < -0.3 is 23.3 Å². The molecular weight excluding hydrogens is 424 g/mol. The van der Waals surface area contributed by atoms with Gasteiger partial charge in [0.25, 0.3) is 0 Å². The number of aromatic nitrogens is 2. The number of carbonyl (C=O) groups excluding carboxylic acids is 3. The molecule has 0 bridgehead atoms. The van der Waals surface area contributed by atoms with E-state index in [1.807, 2.05) is 22.9 Å². The molecule has 0 unspecified atom stereocenters. The number of rotatable bonds is 6. The molecule has 168 valence electrons. The zero-order valence-corrected chi connectivity index (χ0v) is 18.9. The average Bonchev–Trinajstić information content (AvgIpc) is 3.11. The van der Waals surface area contributed by atoms with E-state index >= 15 is 0 Å². The lowest BCUT2D eigenvalue weighted by molar-refractivity contribution is -0.186. The molecule has 0 spiro atoms. The minimum Gasteiger partial charge on any atom is -0.472 e. The van der Waals surface area contributed by atoms with E-state index in [0.717, 1.165) is 5.69 Å². The lowest BCUT2D eigenvalue weighted by atomic mass is 10.1. The minimum atomic E-state index is -0.998. The van der Waals surface area contributed by atoms with Crippen LogP contribution in [0.4, 0.5) is 0 Å². The Morgan fingerprint density at radius 1 is 1.06 bits per heavy atom. The standard InChI is InChI=1S/C21H26N2O7S/c1-11(2)15-9-23-8-6-7-16(20(23)22-15)30-21-19(29-14(5)26)18(28-13(4)25)17(10-31-21)27-12(3)24/h6-9,11,17-19,21H,10H2,1-5H3/t17-,18+,19-,21+/m1/s1. The van der Waals surface area contributed by atoms with Crippen molar-refractivity contribution in [2.24, 2.45) is 0 Å². The Kier molecular flexibility index (Phi) is 7.09. The van der Waals surface area contributed by atoms with Crippen molar-refractivity contribution in [1.29, 1.82) is 0 Å². The molecule has 0 radical (unpaired) electrons. The van der Waals surface area contributed by atoms with E-state index in [4.69, 9.17) is 18.9 Å². The highest BCUT2D eigenvalue weighted by Gasteiger charge is 2.47. The van der Waals surface area contributed by atoms with Gasteiger partial charge in [0.15, 0.2) is 35.1 Å². The maximum absolute atomic E-state index is 11.8. The summed E-state index contributed by atoms with van der Waals surface area (Å²) >= 11 is 1.31. The fraction of sp³-hybridized carbons (Fsp3) is 0.524. The van der Waals surface area contributed by atoms with Crippen LogP contribution in [0.3, 0.4) is 0 Å². The predicted molar refractivity (Wildman–Crippen MR) is 113 cm³/mol. The van der Waals surface area contributed by atoms with E-state index in [-0.39, 0.29) is 5.92 Å². The predicted octanol–water partition coefficient (Wildman–Crippen LogP) is 2.70. The number of hydrogen-bond acceptors (Lipinski definition) is 9. The van der Waals surface area contributed by atoms with Gasteiger partial charge in [-0.15, -0.1) is 11.8 Å².